The molecule has 3 aromatic heterocycles. The van der Waals surface area contributed by atoms with E-state index in [1.807, 2.05) is 30.2 Å². The maximum absolute atomic E-state index is 5.89. The lowest BCUT2D eigenvalue weighted by Crippen LogP contribution is -2.22. The van der Waals surface area contributed by atoms with E-state index in [0.717, 1.165) is 39.5 Å². The molecule has 0 N–H and O–H groups in total. The van der Waals surface area contributed by atoms with Gasteiger partial charge in [-0.1, -0.05) is 19.6 Å². The molecule has 0 aliphatic carbocycles. The van der Waals surface area contributed by atoms with Crippen LogP contribution >= 0.6 is 15.9 Å². The Kier molecular flexibility index (Phi) is 4.89. The van der Waals surface area contributed by atoms with E-state index in [9.17, 15) is 0 Å². The number of hydrogen-bond donors (Lipinski definition) is 0. The van der Waals surface area contributed by atoms with Crippen LogP contribution < -0.4 is 0 Å². The van der Waals surface area contributed by atoms with Gasteiger partial charge in [-0.25, -0.2) is 9.97 Å². The first-order chi connectivity index (χ1) is 11.3. The van der Waals surface area contributed by atoms with Crippen LogP contribution in [-0.4, -0.2) is 39.0 Å². The highest BCUT2D eigenvalue weighted by molar-refractivity contribution is 9.10. The first-order valence-corrected chi connectivity index (χ1v) is 12.4. The molecule has 0 fully saturated rings. The summed E-state index contributed by atoms with van der Waals surface area (Å²) in [6.07, 6.45) is 7.58. The molecule has 6 nitrogen and oxygen atoms in total. The highest BCUT2D eigenvalue weighted by Crippen LogP contribution is 2.29. The molecule has 0 aliphatic rings. The highest BCUT2D eigenvalue weighted by Gasteiger charge is 2.16. The Morgan fingerprint density at radius 3 is 2.67 bits per heavy atom. The maximum Gasteiger partial charge on any atom is 0.161 e. The predicted octanol–water partition coefficient (Wildman–Crippen LogP) is 3.91. The third-order valence-corrected chi connectivity index (χ3v) is 5.86. The van der Waals surface area contributed by atoms with E-state index in [0.29, 0.717) is 6.73 Å². The molecule has 3 rings (SSSR count). The normalized spacial score (nSPS) is 12.2. The Morgan fingerprint density at radius 1 is 1.21 bits per heavy atom. The number of aromatic nitrogens is 5. The predicted molar refractivity (Wildman–Crippen MR) is 102 cm³/mol. The number of fused-ring (bicyclic) bond motifs is 1. The van der Waals surface area contributed by atoms with Gasteiger partial charge in [-0.3, -0.25) is 4.68 Å². The van der Waals surface area contributed by atoms with Gasteiger partial charge in [0.2, 0.25) is 0 Å². The van der Waals surface area contributed by atoms with Crippen molar-refractivity contribution in [1.82, 2.24) is 24.3 Å². The van der Waals surface area contributed by atoms with Crippen molar-refractivity contribution in [1.29, 1.82) is 0 Å². The average molecular weight is 408 g/mol. The monoisotopic (exact) mass is 407 g/mol. The second-order valence-corrected chi connectivity index (χ2v) is 13.6. The van der Waals surface area contributed by atoms with Crippen molar-refractivity contribution in [3.63, 3.8) is 0 Å². The minimum absolute atomic E-state index is 0.484. The van der Waals surface area contributed by atoms with Crippen molar-refractivity contribution < 1.29 is 4.74 Å². The van der Waals surface area contributed by atoms with Gasteiger partial charge in [-0.15, -0.1) is 0 Å². The van der Waals surface area contributed by atoms with Crippen molar-refractivity contribution in [2.75, 3.05) is 6.61 Å². The van der Waals surface area contributed by atoms with Crippen molar-refractivity contribution in [3.05, 3.63) is 29.4 Å². The zero-order chi connectivity index (χ0) is 17.3. The number of rotatable bonds is 6. The van der Waals surface area contributed by atoms with Crippen LogP contribution in [0.2, 0.25) is 25.7 Å². The van der Waals surface area contributed by atoms with Crippen molar-refractivity contribution in [2.24, 2.45) is 7.05 Å². The van der Waals surface area contributed by atoms with Crippen LogP contribution in [0.4, 0.5) is 0 Å². The molecule has 0 bridgehead atoms. The lowest BCUT2D eigenvalue weighted by atomic mass is 10.2. The lowest BCUT2D eigenvalue weighted by molar-refractivity contribution is 0.0899. The topological polar surface area (TPSA) is 57.8 Å². The van der Waals surface area contributed by atoms with Gasteiger partial charge in [-0.05, 0) is 22.0 Å². The van der Waals surface area contributed by atoms with Crippen LogP contribution in [0, 0.1) is 0 Å². The largest absolute Gasteiger partial charge is 0.361 e. The van der Waals surface area contributed by atoms with E-state index in [-0.39, 0.29) is 0 Å². The minimum Gasteiger partial charge on any atom is -0.361 e. The summed E-state index contributed by atoms with van der Waals surface area (Å²) in [6.45, 7) is 8.32. The van der Waals surface area contributed by atoms with Gasteiger partial charge in [-0.2, -0.15) is 5.10 Å². The second kappa shape index (κ2) is 6.77. The first-order valence-electron chi connectivity index (χ1n) is 7.92. The number of aryl methyl sites for hydroxylation is 1. The Labute approximate surface area is 151 Å². The van der Waals surface area contributed by atoms with Gasteiger partial charge in [0, 0.05) is 45.2 Å². The minimum atomic E-state index is -1.08. The summed E-state index contributed by atoms with van der Waals surface area (Å²) in [4.78, 5) is 9.11. The molecule has 0 unspecified atom stereocenters. The third kappa shape index (κ3) is 3.93. The highest BCUT2D eigenvalue weighted by atomic mass is 79.9. The summed E-state index contributed by atoms with van der Waals surface area (Å²) in [5.74, 6) is 0. The van der Waals surface area contributed by atoms with Gasteiger partial charge >= 0.3 is 0 Å². The molecule has 128 valence electrons. The third-order valence-electron chi connectivity index (χ3n) is 3.78. The standard InChI is InChI=1S/C16H22BrN5OSi/c1-21-9-12(7-19-21)13-10-22(11-23-5-6-24(2,3)4)16-15(13)20-14(17)8-18-16/h7-10H,5-6,11H2,1-4H3. The average Bonchev–Trinajstić information content (AvgIpc) is 3.06. The molecule has 0 atom stereocenters. The van der Waals surface area contributed by atoms with Crippen LogP contribution in [0.1, 0.15) is 0 Å². The van der Waals surface area contributed by atoms with Gasteiger partial charge < -0.3 is 9.30 Å². The van der Waals surface area contributed by atoms with Crippen molar-refractivity contribution in [2.45, 2.75) is 32.4 Å². The molecular weight excluding hydrogens is 386 g/mol. The van der Waals surface area contributed by atoms with E-state index in [4.69, 9.17) is 4.74 Å². The molecule has 0 spiro atoms. The summed E-state index contributed by atoms with van der Waals surface area (Å²) in [5.41, 5.74) is 3.72. The second-order valence-electron chi connectivity index (χ2n) is 7.13. The van der Waals surface area contributed by atoms with Crippen molar-refractivity contribution in [3.8, 4) is 11.1 Å². The molecule has 3 heterocycles. The fraction of sp³-hybridized carbons (Fsp3) is 0.438. The fourth-order valence-electron chi connectivity index (χ4n) is 2.44. The smallest absolute Gasteiger partial charge is 0.161 e. The molecule has 0 amide bonds. The lowest BCUT2D eigenvalue weighted by Gasteiger charge is -2.15. The van der Waals surface area contributed by atoms with E-state index in [1.165, 1.54) is 0 Å². The van der Waals surface area contributed by atoms with Crippen LogP contribution in [0.15, 0.2) is 29.4 Å². The van der Waals surface area contributed by atoms with Gasteiger partial charge in [0.25, 0.3) is 0 Å². The Bertz CT molecular complexity index is 852. The Balaban J connectivity index is 1.88. The molecule has 0 radical (unpaired) electrons. The van der Waals surface area contributed by atoms with Gasteiger partial charge in [0.15, 0.2) is 5.65 Å². The Morgan fingerprint density at radius 2 is 2.00 bits per heavy atom. The summed E-state index contributed by atoms with van der Waals surface area (Å²) in [5, 5.41) is 4.25. The number of ether oxygens (including phenoxy) is 1. The molecule has 24 heavy (non-hydrogen) atoms. The number of hydrogen-bond acceptors (Lipinski definition) is 4. The van der Waals surface area contributed by atoms with Crippen LogP contribution in [0.25, 0.3) is 22.3 Å². The molecule has 0 aliphatic heterocycles. The summed E-state index contributed by atoms with van der Waals surface area (Å²) >= 11 is 3.41. The number of nitrogens with zero attached hydrogens (tertiary/aromatic N) is 5. The molecule has 0 aromatic carbocycles. The van der Waals surface area contributed by atoms with Crippen LogP contribution in [0.3, 0.4) is 0 Å². The Hall–Kier alpha value is -1.51. The molecule has 0 saturated heterocycles. The summed E-state index contributed by atoms with van der Waals surface area (Å²) in [7, 11) is 0.826. The van der Waals surface area contributed by atoms with Crippen LogP contribution in [0.5, 0.6) is 0 Å². The molecule has 8 heteroatoms. The zero-order valence-electron chi connectivity index (χ0n) is 14.5. The summed E-state index contributed by atoms with van der Waals surface area (Å²) in [6, 6.07) is 1.15. The number of halogens is 1. The van der Waals surface area contributed by atoms with E-state index < -0.39 is 8.07 Å². The molecule has 0 saturated carbocycles. The van der Waals surface area contributed by atoms with E-state index in [1.54, 1.807) is 10.9 Å². The summed E-state index contributed by atoms with van der Waals surface area (Å²) < 4.78 is 10.4. The van der Waals surface area contributed by atoms with Gasteiger partial charge in [0.1, 0.15) is 16.9 Å². The zero-order valence-corrected chi connectivity index (χ0v) is 17.0. The van der Waals surface area contributed by atoms with Gasteiger partial charge in [0.05, 0.1) is 12.4 Å². The van der Waals surface area contributed by atoms with E-state index in [2.05, 4.69) is 50.6 Å². The SMILES string of the molecule is Cn1cc(-c2cn(COCC[Si](C)(C)C)c3ncc(Br)nc23)cn1. The fourth-order valence-corrected chi connectivity index (χ4v) is 3.48. The quantitative estimate of drug-likeness (QED) is 0.459. The molecular formula is C16H22BrN5OSi. The first kappa shape index (κ1) is 17.3. The maximum atomic E-state index is 5.89. The van der Waals surface area contributed by atoms with Crippen LogP contribution in [-0.2, 0) is 18.5 Å². The van der Waals surface area contributed by atoms with Crippen molar-refractivity contribution >= 4 is 35.2 Å². The van der Waals surface area contributed by atoms with E-state index >= 15 is 0 Å². The molecule has 3 aromatic rings.